The van der Waals surface area contributed by atoms with E-state index in [1.165, 1.54) is 35.8 Å². The average molecular weight is 376 g/mol. The highest BCUT2D eigenvalue weighted by Gasteiger charge is 2.30. The molecule has 7 nitrogen and oxygen atoms in total. The van der Waals surface area contributed by atoms with Gasteiger partial charge in [0, 0.05) is 45.3 Å². The smallest absolute Gasteiger partial charge is 0.254 e. The number of amidine groups is 1. The third-order valence-electron chi connectivity index (χ3n) is 4.31. The molecule has 2 heterocycles. The Kier molecular flexibility index (Phi) is 5.17. The molecule has 0 unspecified atom stereocenters. The van der Waals surface area contributed by atoms with Crippen LogP contribution in [0, 0.1) is 11.2 Å². The molecule has 0 radical (unpaired) electrons. The number of carbonyl (C=O) groups excluding carboxylic acids is 1. The number of carbonyl (C=O) groups is 1. The van der Waals surface area contributed by atoms with Gasteiger partial charge in [-0.15, -0.1) is 0 Å². The van der Waals surface area contributed by atoms with E-state index >= 15 is 0 Å². The van der Waals surface area contributed by atoms with Crippen LogP contribution in [0.3, 0.4) is 0 Å². The molecule has 0 spiro atoms. The van der Waals surface area contributed by atoms with Gasteiger partial charge in [-0.25, -0.2) is 4.39 Å². The van der Waals surface area contributed by atoms with Crippen molar-refractivity contribution in [2.24, 2.45) is 0 Å². The molecule has 1 N–H and O–H groups in total. The molecule has 2 aromatic rings. The predicted octanol–water partition coefficient (Wildman–Crippen LogP) is 1.92. The van der Waals surface area contributed by atoms with E-state index in [1.807, 2.05) is 25.9 Å². The summed E-state index contributed by atoms with van der Waals surface area (Å²) in [5, 5.41) is 8.97. The molecule has 1 fully saturated rings. The lowest BCUT2D eigenvalue weighted by Crippen LogP contribution is -2.55. The predicted molar refractivity (Wildman–Crippen MR) is 99.5 cm³/mol. The Labute approximate surface area is 155 Å². The third kappa shape index (κ3) is 3.67. The minimum absolute atomic E-state index is 0.0668. The first-order valence-electron chi connectivity index (χ1n) is 8.28. The highest BCUT2D eigenvalue weighted by Crippen LogP contribution is 2.18. The van der Waals surface area contributed by atoms with Crippen LogP contribution in [-0.2, 0) is 0 Å². The number of piperazine rings is 1. The van der Waals surface area contributed by atoms with Gasteiger partial charge in [0.1, 0.15) is 5.82 Å². The molecule has 1 aliphatic heterocycles. The lowest BCUT2D eigenvalue weighted by atomic mass is 10.1. The largest absolute Gasteiger partial charge is 0.351 e. The van der Waals surface area contributed by atoms with E-state index in [0.29, 0.717) is 42.0 Å². The first-order valence-corrected chi connectivity index (χ1v) is 9.05. The Bertz CT molecular complexity index is 806. The van der Waals surface area contributed by atoms with Crippen LogP contribution in [0.1, 0.15) is 22.3 Å². The molecule has 0 aliphatic carbocycles. The summed E-state index contributed by atoms with van der Waals surface area (Å²) in [6.07, 6.45) is 0. The molecular formula is C17H21FN6OS. The summed E-state index contributed by atoms with van der Waals surface area (Å²) >= 11 is 1.20. The Hall–Kier alpha value is -2.55. The van der Waals surface area contributed by atoms with Crippen LogP contribution in [0.2, 0.25) is 0 Å². The Morgan fingerprint density at radius 1 is 1.31 bits per heavy atom. The number of aromatic nitrogens is 2. The number of rotatable bonds is 3. The summed E-state index contributed by atoms with van der Waals surface area (Å²) in [4.78, 5) is 22.5. The van der Waals surface area contributed by atoms with E-state index < -0.39 is 0 Å². The van der Waals surface area contributed by atoms with E-state index in [0.717, 1.165) is 0 Å². The highest BCUT2D eigenvalue weighted by molar-refractivity contribution is 7.07. The molecule has 138 valence electrons. The summed E-state index contributed by atoms with van der Waals surface area (Å²) in [5.41, 5.74) is 0.474. The van der Waals surface area contributed by atoms with E-state index in [9.17, 15) is 9.18 Å². The van der Waals surface area contributed by atoms with E-state index in [-0.39, 0.29) is 17.8 Å². The molecule has 1 atom stereocenters. The van der Waals surface area contributed by atoms with Crippen molar-refractivity contribution in [1.29, 1.82) is 5.41 Å². The number of benzene rings is 1. The van der Waals surface area contributed by atoms with Crippen molar-refractivity contribution in [2.45, 2.75) is 13.0 Å². The van der Waals surface area contributed by atoms with Crippen LogP contribution in [0.5, 0.6) is 0 Å². The molecule has 1 aliphatic rings. The fourth-order valence-electron chi connectivity index (χ4n) is 2.85. The minimum atomic E-state index is -0.359. The topological polar surface area (TPSA) is 76.4 Å². The summed E-state index contributed by atoms with van der Waals surface area (Å²) in [6, 6.07) is 5.53. The number of halogens is 1. The number of amides is 1. The average Bonchev–Trinajstić information content (AvgIpc) is 3.11. The van der Waals surface area contributed by atoms with E-state index in [1.54, 1.807) is 9.80 Å². The van der Waals surface area contributed by atoms with Crippen LogP contribution in [0.25, 0.3) is 0 Å². The summed E-state index contributed by atoms with van der Waals surface area (Å²) < 4.78 is 17.3. The lowest BCUT2D eigenvalue weighted by Gasteiger charge is -2.40. The van der Waals surface area contributed by atoms with E-state index in [2.05, 4.69) is 9.36 Å². The van der Waals surface area contributed by atoms with Crippen molar-refractivity contribution >= 4 is 29.2 Å². The molecule has 0 bridgehead atoms. The molecule has 26 heavy (non-hydrogen) atoms. The molecule has 3 rings (SSSR count). The zero-order valence-corrected chi connectivity index (χ0v) is 15.8. The van der Waals surface area contributed by atoms with Crippen molar-refractivity contribution in [1.82, 2.24) is 19.2 Å². The van der Waals surface area contributed by atoms with Gasteiger partial charge in [-0.1, -0.05) is 0 Å². The van der Waals surface area contributed by atoms with Crippen LogP contribution < -0.4 is 4.90 Å². The Balaban J connectivity index is 1.66. The number of nitrogens with zero attached hydrogens (tertiary/aromatic N) is 5. The molecule has 1 aromatic carbocycles. The Morgan fingerprint density at radius 3 is 2.58 bits per heavy atom. The fourth-order valence-corrected chi connectivity index (χ4v) is 3.56. The second kappa shape index (κ2) is 7.36. The highest BCUT2D eigenvalue weighted by atomic mass is 32.1. The Morgan fingerprint density at radius 2 is 2.00 bits per heavy atom. The maximum atomic E-state index is 13.1. The molecule has 9 heteroatoms. The van der Waals surface area contributed by atoms with Gasteiger partial charge < -0.3 is 14.7 Å². The molecule has 1 aromatic heterocycles. The van der Waals surface area contributed by atoms with Gasteiger partial charge in [0.15, 0.2) is 10.8 Å². The van der Waals surface area contributed by atoms with Crippen molar-refractivity contribution in [3.8, 4) is 0 Å². The van der Waals surface area contributed by atoms with Crippen LogP contribution in [0.4, 0.5) is 10.3 Å². The van der Waals surface area contributed by atoms with Gasteiger partial charge in [0.25, 0.3) is 5.91 Å². The number of hydrogen-bond acceptors (Lipinski definition) is 6. The van der Waals surface area contributed by atoms with Crippen LogP contribution in [-0.4, -0.2) is 70.7 Å². The summed E-state index contributed by atoms with van der Waals surface area (Å²) in [5.74, 6) is 0.445. The minimum Gasteiger partial charge on any atom is -0.351 e. The maximum Gasteiger partial charge on any atom is 0.254 e. The second-order valence-corrected chi connectivity index (χ2v) is 7.19. The fraction of sp³-hybridized carbons (Fsp3) is 0.412. The van der Waals surface area contributed by atoms with Crippen molar-refractivity contribution in [2.75, 3.05) is 38.6 Å². The normalized spacial score (nSPS) is 17.3. The van der Waals surface area contributed by atoms with Gasteiger partial charge >= 0.3 is 0 Å². The van der Waals surface area contributed by atoms with Crippen molar-refractivity contribution < 1.29 is 9.18 Å². The monoisotopic (exact) mass is 376 g/mol. The third-order valence-corrected chi connectivity index (χ3v) is 5.03. The SMILES string of the molecule is C[C@@H]1CN(C(=N)c2nc(N(C)C)ns2)CCN1C(=O)c1ccc(F)cc1. The number of hydrogen-bond donors (Lipinski definition) is 1. The van der Waals surface area contributed by atoms with Gasteiger partial charge in [0.2, 0.25) is 5.95 Å². The van der Waals surface area contributed by atoms with Gasteiger partial charge in [-0.05, 0) is 42.7 Å². The summed E-state index contributed by atoms with van der Waals surface area (Å²) in [6.45, 7) is 3.54. The van der Waals surface area contributed by atoms with Crippen molar-refractivity contribution in [3.63, 3.8) is 0 Å². The first kappa shape index (κ1) is 18.2. The number of anilines is 1. The van der Waals surface area contributed by atoms with E-state index in [4.69, 9.17) is 5.41 Å². The zero-order chi connectivity index (χ0) is 18.8. The zero-order valence-electron chi connectivity index (χ0n) is 14.9. The molecule has 0 saturated carbocycles. The van der Waals surface area contributed by atoms with Crippen LogP contribution >= 0.6 is 11.5 Å². The van der Waals surface area contributed by atoms with Gasteiger partial charge in [-0.2, -0.15) is 9.36 Å². The number of nitrogens with one attached hydrogen (secondary N) is 1. The van der Waals surface area contributed by atoms with Crippen molar-refractivity contribution in [3.05, 3.63) is 40.7 Å². The molecular weight excluding hydrogens is 355 g/mol. The van der Waals surface area contributed by atoms with Gasteiger partial charge in [-0.3, -0.25) is 10.2 Å². The van der Waals surface area contributed by atoms with Crippen LogP contribution in [0.15, 0.2) is 24.3 Å². The first-order chi connectivity index (χ1) is 12.4. The second-order valence-electron chi connectivity index (χ2n) is 6.44. The standard InChI is InChI=1S/C17H21FN6OS/c1-11-10-23(14(19)15-20-17(21-26-15)22(2)3)8-9-24(11)16(25)12-4-6-13(18)7-5-12/h4-7,11,19H,8-10H2,1-3H3/t11-/m1/s1. The molecule has 1 amide bonds. The van der Waals surface area contributed by atoms with Gasteiger partial charge in [0.05, 0.1) is 0 Å². The lowest BCUT2D eigenvalue weighted by molar-refractivity contribution is 0.0580. The summed E-state index contributed by atoms with van der Waals surface area (Å²) in [7, 11) is 3.72. The quantitative estimate of drug-likeness (QED) is 0.654. The molecule has 1 saturated heterocycles. The maximum absolute atomic E-state index is 13.1.